The van der Waals surface area contributed by atoms with Gasteiger partial charge >= 0.3 is 0 Å². The van der Waals surface area contributed by atoms with E-state index >= 15 is 0 Å². The summed E-state index contributed by atoms with van der Waals surface area (Å²) in [5, 5.41) is 1.32. The Morgan fingerprint density at radius 1 is 1.27 bits per heavy atom. The van der Waals surface area contributed by atoms with E-state index in [1.54, 1.807) is 0 Å². The van der Waals surface area contributed by atoms with Crippen molar-refractivity contribution in [3.63, 3.8) is 0 Å². The van der Waals surface area contributed by atoms with Gasteiger partial charge in [0.2, 0.25) is 0 Å². The highest BCUT2D eigenvalue weighted by Gasteiger charge is 2.21. The van der Waals surface area contributed by atoms with Gasteiger partial charge in [-0.3, -0.25) is 0 Å². The largest absolute Gasteiger partial charge is 0.347 e. The fourth-order valence-corrected chi connectivity index (χ4v) is 2.11. The highest BCUT2D eigenvalue weighted by Crippen LogP contribution is 2.32. The van der Waals surface area contributed by atoms with Gasteiger partial charge in [0.05, 0.1) is 0 Å². The molecule has 0 saturated heterocycles. The first kappa shape index (κ1) is 8.98. The van der Waals surface area contributed by atoms with Crippen LogP contribution in [-0.2, 0) is 13.1 Å². The molecule has 0 bridgehead atoms. The van der Waals surface area contributed by atoms with Gasteiger partial charge in [0, 0.05) is 24.8 Å². The standard InChI is InChI=1S/C13H16N2/c14-8-11-3-4-13-12(7-11)5-6-15(13)9-10-1-2-10/h3-7,10H,1-2,8-9,14H2. The maximum absolute atomic E-state index is 5.63. The Morgan fingerprint density at radius 3 is 2.87 bits per heavy atom. The second-order valence-electron chi connectivity index (χ2n) is 4.51. The lowest BCUT2D eigenvalue weighted by atomic mass is 10.1. The molecule has 0 aliphatic heterocycles. The normalized spacial score (nSPS) is 16.1. The molecule has 3 rings (SSSR count). The van der Waals surface area contributed by atoms with Crippen molar-refractivity contribution in [3.8, 4) is 0 Å². The van der Waals surface area contributed by atoms with E-state index < -0.39 is 0 Å². The summed E-state index contributed by atoms with van der Waals surface area (Å²) >= 11 is 0. The Balaban J connectivity index is 2.01. The van der Waals surface area contributed by atoms with Crippen molar-refractivity contribution in [2.75, 3.05) is 0 Å². The van der Waals surface area contributed by atoms with Gasteiger partial charge in [0.1, 0.15) is 0 Å². The van der Waals surface area contributed by atoms with Crippen molar-refractivity contribution in [2.45, 2.75) is 25.9 Å². The summed E-state index contributed by atoms with van der Waals surface area (Å²) in [4.78, 5) is 0. The Kier molecular flexibility index (Phi) is 2.03. The van der Waals surface area contributed by atoms with Crippen LogP contribution < -0.4 is 5.73 Å². The third kappa shape index (κ3) is 1.65. The molecule has 1 aliphatic rings. The Hall–Kier alpha value is -1.28. The maximum atomic E-state index is 5.63. The molecule has 1 fully saturated rings. The second kappa shape index (κ2) is 3.38. The smallest absolute Gasteiger partial charge is 0.0480 e. The SMILES string of the molecule is NCc1ccc2c(ccn2CC2CC2)c1. The monoisotopic (exact) mass is 200 g/mol. The third-order valence-electron chi connectivity index (χ3n) is 3.22. The summed E-state index contributed by atoms with van der Waals surface area (Å²) in [6.07, 6.45) is 5.00. The van der Waals surface area contributed by atoms with Crippen molar-refractivity contribution >= 4 is 10.9 Å². The highest BCUT2D eigenvalue weighted by molar-refractivity contribution is 5.80. The first-order chi connectivity index (χ1) is 7.36. The van der Waals surface area contributed by atoms with Crippen LogP contribution in [0.4, 0.5) is 0 Å². The molecule has 0 amide bonds. The van der Waals surface area contributed by atoms with E-state index in [1.165, 1.54) is 35.9 Å². The van der Waals surface area contributed by atoms with E-state index in [-0.39, 0.29) is 0 Å². The minimum atomic E-state index is 0.629. The van der Waals surface area contributed by atoms with Gasteiger partial charge in [-0.2, -0.15) is 0 Å². The molecule has 0 unspecified atom stereocenters. The first-order valence-electron chi connectivity index (χ1n) is 5.64. The van der Waals surface area contributed by atoms with Gasteiger partial charge in [-0.05, 0) is 47.9 Å². The fourth-order valence-electron chi connectivity index (χ4n) is 2.11. The number of nitrogens with zero attached hydrogens (tertiary/aromatic N) is 1. The molecule has 2 aromatic rings. The van der Waals surface area contributed by atoms with E-state index in [9.17, 15) is 0 Å². The van der Waals surface area contributed by atoms with Crippen LogP contribution in [-0.4, -0.2) is 4.57 Å². The summed E-state index contributed by atoms with van der Waals surface area (Å²) < 4.78 is 2.37. The number of rotatable bonds is 3. The zero-order valence-corrected chi connectivity index (χ0v) is 8.82. The average molecular weight is 200 g/mol. The lowest BCUT2D eigenvalue weighted by molar-refractivity contribution is 0.647. The molecule has 0 atom stereocenters. The van der Waals surface area contributed by atoms with Crippen LogP contribution in [0.15, 0.2) is 30.5 Å². The number of fused-ring (bicyclic) bond motifs is 1. The summed E-state index contributed by atoms with van der Waals surface area (Å²) in [5.74, 6) is 0.926. The highest BCUT2D eigenvalue weighted by atomic mass is 15.0. The van der Waals surface area contributed by atoms with Crippen molar-refractivity contribution in [3.05, 3.63) is 36.0 Å². The van der Waals surface area contributed by atoms with E-state index in [2.05, 4.69) is 35.0 Å². The molecule has 0 radical (unpaired) electrons. The number of aromatic nitrogens is 1. The van der Waals surface area contributed by atoms with Gasteiger partial charge in [0.25, 0.3) is 0 Å². The van der Waals surface area contributed by atoms with Gasteiger partial charge in [-0.25, -0.2) is 0 Å². The topological polar surface area (TPSA) is 30.9 Å². The zero-order valence-electron chi connectivity index (χ0n) is 8.82. The number of nitrogens with two attached hydrogens (primary N) is 1. The molecular weight excluding hydrogens is 184 g/mol. The van der Waals surface area contributed by atoms with Crippen molar-refractivity contribution in [1.29, 1.82) is 0 Å². The lowest BCUT2D eigenvalue weighted by Crippen LogP contribution is -1.98. The second-order valence-corrected chi connectivity index (χ2v) is 4.51. The number of hydrogen-bond donors (Lipinski definition) is 1. The summed E-state index contributed by atoms with van der Waals surface area (Å²) in [6.45, 7) is 1.81. The number of hydrogen-bond acceptors (Lipinski definition) is 1. The Labute approximate surface area is 89.7 Å². The maximum Gasteiger partial charge on any atom is 0.0480 e. The van der Waals surface area contributed by atoms with E-state index in [0.29, 0.717) is 6.54 Å². The van der Waals surface area contributed by atoms with Gasteiger partial charge in [0.15, 0.2) is 0 Å². The molecule has 78 valence electrons. The van der Waals surface area contributed by atoms with Crippen molar-refractivity contribution in [1.82, 2.24) is 4.57 Å². The van der Waals surface area contributed by atoms with Crippen molar-refractivity contribution in [2.24, 2.45) is 11.7 Å². The Bertz CT molecular complexity index is 480. The van der Waals surface area contributed by atoms with Crippen LogP contribution in [0.5, 0.6) is 0 Å². The molecular formula is C13H16N2. The third-order valence-corrected chi connectivity index (χ3v) is 3.22. The van der Waals surface area contributed by atoms with Gasteiger partial charge < -0.3 is 10.3 Å². The minimum Gasteiger partial charge on any atom is -0.347 e. The van der Waals surface area contributed by atoms with Gasteiger partial charge in [-0.15, -0.1) is 0 Å². The van der Waals surface area contributed by atoms with Crippen LogP contribution in [0.3, 0.4) is 0 Å². The molecule has 1 aromatic carbocycles. The molecule has 1 heterocycles. The summed E-state index contributed by atoms with van der Waals surface area (Å²) in [6, 6.07) is 8.71. The lowest BCUT2D eigenvalue weighted by Gasteiger charge is -2.04. The van der Waals surface area contributed by atoms with E-state index in [0.717, 1.165) is 5.92 Å². The van der Waals surface area contributed by atoms with Crippen LogP contribution in [0.2, 0.25) is 0 Å². The van der Waals surface area contributed by atoms with Gasteiger partial charge in [-0.1, -0.05) is 6.07 Å². The van der Waals surface area contributed by atoms with Crippen LogP contribution in [0, 0.1) is 5.92 Å². The summed E-state index contributed by atoms with van der Waals surface area (Å²) in [7, 11) is 0. The molecule has 2 nitrogen and oxygen atoms in total. The molecule has 1 aliphatic carbocycles. The number of benzene rings is 1. The molecule has 2 heteroatoms. The molecule has 15 heavy (non-hydrogen) atoms. The molecule has 0 spiro atoms. The quantitative estimate of drug-likeness (QED) is 0.811. The first-order valence-corrected chi connectivity index (χ1v) is 5.64. The Morgan fingerprint density at radius 2 is 2.13 bits per heavy atom. The van der Waals surface area contributed by atoms with Crippen LogP contribution >= 0.6 is 0 Å². The molecule has 1 saturated carbocycles. The zero-order chi connectivity index (χ0) is 10.3. The van der Waals surface area contributed by atoms with Crippen LogP contribution in [0.25, 0.3) is 10.9 Å². The van der Waals surface area contributed by atoms with Crippen molar-refractivity contribution < 1.29 is 0 Å². The summed E-state index contributed by atoms with van der Waals surface area (Å²) in [5.41, 5.74) is 8.19. The molecule has 2 N–H and O–H groups in total. The van der Waals surface area contributed by atoms with E-state index in [1.807, 2.05) is 0 Å². The van der Waals surface area contributed by atoms with E-state index in [4.69, 9.17) is 5.73 Å². The predicted molar refractivity (Wildman–Crippen MR) is 62.6 cm³/mol. The predicted octanol–water partition coefficient (Wildman–Crippen LogP) is 2.51. The minimum absolute atomic E-state index is 0.629. The fraction of sp³-hybridized carbons (Fsp3) is 0.385. The van der Waals surface area contributed by atoms with Crippen LogP contribution in [0.1, 0.15) is 18.4 Å². The average Bonchev–Trinajstić information content (AvgIpc) is 2.99. The molecule has 1 aromatic heterocycles.